The molecule has 1 aliphatic rings. The molecule has 0 saturated carbocycles. The lowest BCUT2D eigenvalue weighted by Crippen LogP contribution is -2.20. The van der Waals surface area contributed by atoms with Crippen molar-refractivity contribution in [2.24, 2.45) is 5.73 Å². The summed E-state index contributed by atoms with van der Waals surface area (Å²) in [6, 6.07) is 4.62. The van der Waals surface area contributed by atoms with Crippen molar-refractivity contribution < 1.29 is 17.9 Å². The predicted octanol–water partition coefficient (Wildman–Crippen LogP) is 1.36. The number of ether oxygens (including phenoxy) is 2. The van der Waals surface area contributed by atoms with Gasteiger partial charge in [-0.05, 0) is 25.5 Å². The molecule has 1 heterocycles. The molecule has 0 fully saturated rings. The second-order valence-corrected chi connectivity index (χ2v) is 6.85. The van der Waals surface area contributed by atoms with E-state index in [0.717, 1.165) is 6.42 Å². The zero-order chi connectivity index (χ0) is 13.9. The standard InChI is InChI=1S/C13H19NO4S/c1-10(14)5-8-19(15,16)11-3-4-12-13(9-11)18-7-2-6-17-12/h3-4,9-10H,2,5-8,14H2,1H3. The van der Waals surface area contributed by atoms with E-state index in [0.29, 0.717) is 31.1 Å². The third-order valence-corrected chi connectivity index (χ3v) is 4.67. The molecule has 1 aromatic rings. The first-order valence-electron chi connectivity index (χ1n) is 6.37. The first-order valence-corrected chi connectivity index (χ1v) is 8.02. The van der Waals surface area contributed by atoms with Crippen LogP contribution < -0.4 is 15.2 Å². The molecule has 2 rings (SSSR count). The lowest BCUT2D eigenvalue weighted by atomic mass is 10.3. The summed E-state index contributed by atoms with van der Waals surface area (Å²) in [6.07, 6.45) is 1.23. The van der Waals surface area contributed by atoms with Crippen molar-refractivity contribution in [3.63, 3.8) is 0 Å². The Morgan fingerprint density at radius 1 is 1.26 bits per heavy atom. The van der Waals surface area contributed by atoms with Crippen molar-refractivity contribution >= 4 is 9.84 Å². The Kier molecular flexibility index (Phi) is 4.31. The Labute approximate surface area is 113 Å². The predicted molar refractivity (Wildman–Crippen MR) is 72.4 cm³/mol. The molecule has 6 heteroatoms. The molecule has 1 atom stereocenters. The third kappa shape index (κ3) is 3.61. The molecule has 2 N–H and O–H groups in total. The lowest BCUT2D eigenvalue weighted by molar-refractivity contribution is 0.297. The van der Waals surface area contributed by atoms with Crippen LogP contribution in [0, 0.1) is 0 Å². The molecule has 0 bridgehead atoms. The number of sulfone groups is 1. The van der Waals surface area contributed by atoms with Gasteiger partial charge in [-0.3, -0.25) is 0 Å². The first-order chi connectivity index (χ1) is 8.99. The van der Waals surface area contributed by atoms with Crippen molar-refractivity contribution in [1.29, 1.82) is 0 Å². The highest BCUT2D eigenvalue weighted by Gasteiger charge is 2.19. The van der Waals surface area contributed by atoms with Crippen molar-refractivity contribution in [2.75, 3.05) is 19.0 Å². The zero-order valence-electron chi connectivity index (χ0n) is 11.0. The third-order valence-electron chi connectivity index (χ3n) is 2.92. The largest absolute Gasteiger partial charge is 0.490 e. The Morgan fingerprint density at radius 3 is 2.63 bits per heavy atom. The first kappa shape index (κ1) is 14.1. The minimum absolute atomic E-state index is 0.0459. The van der Waals surface area contributed by atoms with Gasteiger partial charge in [0.2, 0.25) is 0 Å². The molecule has 1 unspecified atom stereocenters. The van der Waals surface area contributed by atoms with E-state index in [-0.39, 0.29) is 16.7 Å². The highest BCUT2D eigenvalue weighted by Crippen LogP contribution is 2.32. The quantitative estimate of drug-likeness (QED) is 0.903. The van der Waals surface area contributed by atoms with Gasteiger partial charge in [0.05, 0.1) is 23.9 Å². The van der Waals surface area contributed by atoms with Crippen molar-refractivity contribution in [3.05, 3.63) is 18.2 Å². The summed E-state index contributed by atoms with van der Waals surface area (Å²) in [5.74, 6) is 1.15. The number of nitrogens with two attached hydrogens (primary N) is 1. The van der Waals surface area contributed by atoms with Crippen LogP contribution in [0.15, 0.2) is 23.1 Å². The van der Waals surface area contributed by atoms with E-state index < -0.39 is 9.84 Å². The number of hydrogen-bond acceptors (Lipinski definition) is 5. The molecule has 1 aliphatic heterocycles. The van der Waals surface area contributed by atoms with E-state index in [1.165, 1.54) is 6.07 Å². The Morgan fingerprint density at radius 2 is 1.95 bits per heavy atom. The van der Waals surface area contributed by atoms with Gasteiger partial charge in [0.25, 0.3) is 0 Å². The van der Waals surface area contributed by atoms with Crippen LogP contribution in [0.2, 0.25) is 0 Å². The Hall–Kier alpha value is -1.27. The molecule has 0 amide bonds. The number of hydrogen-bond donors (Lipinski definition) is 1. The zero-order valence-corrected chi connectivity index (χ0v) is 11.8. The van der Waals surface area contributed by atoms with E-state index in [1.54, 1.807) is 19.1 Å². The minimum Gasteiger partial charge on any atom is -0.490 e. The van der Waals surface area contributed by atoms with Crippen LogP contribution in [0.4, 0.5) is 0 Å². The van der Waals surface area contributed by atoms with Gasteiger partial charge in [-0.25, -0.2) is 8.42 Å². The molecule has 0 radical (unpaired) electrons. The van der Waals surface area contributed by atoms with Crippen LogP contribution in [-0.4, -0.2) is 33.4 Å². The van der Waals surface area contributed by atoms with Gasteiger partial charge in [-0.2, -0.15) is 0 Å². The van der Waals surface area contributed by atoms with Gasteiger partial charge in [0, 0.05) is 18.5 Å². The summed E-state index contributed by atoms with van der Waals surface area (Å²) >= 11 is 0. The number of fused-ring (bicyclic) bond motifs is 1. The van der Waals surface area contributed by atoms with E-state index in [2.05, 4.69) is 0 Å². The Bertz CT molecular complexity index is 540. The maximum absolute atomic E-state index is 12.2. The highest BCUT2D eigenvalue weighted by atomic mass is 32.2. The van der Waals surface area contributed by atoms with Gasteiger partial charge < -0.3 is 15.2 Å². The van der Waals surface area contributed by atoms with Crippen molar-refractivity contribution in [3.8, 4) is 11.5 Å². The smallest absolute Gasteiger partial charge is 0.178 e. The summed E-state index contributed by atoms with van der Waals surface area (Å²) < 4.78 is 35.3. The van der Waals surface area contributed by atoms with Gasteiger partial charge in [-0.1, -0.05) is 0 Å². The fraction of sp³-hybridized carbons (Fsp3) is 0.538. The van der Waals surface area contributed by atoms with E-state index in [1.807, 2.05) is 0 Å². The second kappa shape index (κ2) is 5.79. The monoisotopic (exact) mass is 285 g/mol. The van der Waals surface area contributed by atoms with Crippen LogP contribution in [0.3, 0.4) is 0 Å². The minimum atomic E-state index is -3.32. The summed E-state index contributed by atoms with van der Waals surface area (Å²) in [4.78, 5) is 0.261. The summed E-state index contributed by atoms with van der Waals surface area (Å²) in [5, 5.41) is 0. The van der Waals surface area contributed by atoms with Crippen molar-refractivity contribution in [1.82, 2.24) is 0 Å². The number of benzene rings is 1. The van der Waals surface area contributed by atoms with E-state index in [4.69, 9.17) is 15.2 Å². The van der Waals surface area contributed by atoms with Gasteiger partial charge in [0.15, 0.2) is 21.3 Å². The van der Waals surface area contributed by atoms with Crippen LogP contribution in [-0.2, 0) is 9.84 Å². The fourth-order valence-corrected chi connectivity index (χ4v) is 3.28. The molecular weight excluding hydrogens is 266 g/mol. The number of rotatable bonds is 4. The van der Waals surface area contributed by atoms with Gasteiger partial charge in [0.1, 0.15) is 0 Å². The molecule has 0 saturated heterocycles. The summed E-state index contributed by atoms with van der Waals surface area (Å²) in [6.45, 7) is 2.92. The topological polar surface area (TPSA) is 78.6 Å². The summed E-state index contributed by atoms with van der Waals surface area (Å²) in [7, 11) is -3.32. The molecule has 106 valence electrons. The molecule has 5 nitrogen and oxygen atoms in total. The maximum Gasteiger partial charge on any atom is 0.178 e. The molecule has 0 aliphatic carbocycles. The van der Waals surface area contributed by atoms with Crippen LogP contribution in [0.1, 0.15) is 19.8 Å². The second-order valence-electron chi connectivity index (χ2n) is 4.74. The van der Waals surface area contributed by atoms with Crippen LogP contribution in [0.25, 0.3) is 0 Å². The van der Waals surface area contributed by atoms with Crippen LogP contribution >= 0.6 is 0 Å². The lowest BCUT2D eigenvalue weighted by Gasteiger charge is -2.10. The fourth-order valence-electron chi connectivity index (χ4n) is 1.80. The average molecular weight is 285 g/mol. The Balaban J connectivity index is 2.23. The highest BCUT2D eigenvalue weighted by molar-refractivity contribution is 7.91. The normalized spacial score (nSPS) is 16.7. The van der Waals surface area contributed by atoms with Crippen LogP contribution in [0.5, 0.6) is 11.5 Å². The summed E-state index contributed by atoms with van der Waals surface area (Å²) in [5.41, 5.74) is 5.60. The van der Waals surface area contributed by atoms with Gasteiger partial charge in [-0.15, -0.1) is 0 Å². The van der Waals surface area contributed by atoms with Gasteiger partial charge >= 0.3 is 0 Å². The average Bonchev–Trinajstić information content (AvgIpc) is 2.60. The SMILES string of the molecule is CC(N)CCS(=O)(=O)c1ccc2c(c1)OCCCO2. The molecule has 1 aromatic carbocycles. The maximum atomic E-state index is 12.2. The molecule has 0 spiro atoms. The van der Waals surface area contributed by atoms with E-state index in [9.17, 15) is 8.42 Å². The van der Waals surface area contributed by atoms with Crippen molar-refractivity contribution in [2.45, 2.75) is 30.7 Å². The molecular formula is C13H19NO4S. The molecule has 19 heavy (non-hydrogen) atoms. The molecule has 0 aromatic heterocycles. The van der Waals surface area contributed by atoms with E-state index >= 15 is 0 Å².